The van der Waals surface area contributed by atoms with E-state index >= 15 is 0 Å². The monoisotopic (exact) mass is 273 g/mol. The second-order valence-electron chi connectivity index (χ2n) is 3.98. The summed E-state index contributed by atoms with van der Waals surface area (Å²) in [4.78, 5) is 15.1. The number of aliphatic imine (C=N–C) groups is 1. The van der Waals surface area contributed by atoms with E-state index in [2.05, 4.69) is 4.99 Å². The second kappa shape index (κ2) is 6.16. The maximum Gasteiger partial charge on any atom is 0.307 e. The summed E-state index contributed by atoms with van der Waals surface area (Å²) in [6.45, 7) is 0. The molecule has 0 bridgehead atoms. The molecule has 0 fully saturated rings. The fourth-order valence-corrected chi connectivity index (χ4v) is 1.85. The van der Waals surface area contributed by atoms with Crippen LogP contribution in [0.2, 0.25) is 5.02 Å². The molecule has 0 spiro atoms. The number of halogens is 1. The van der Waals surface area contributed by atoms with Crippen molar-refractivity contribution in [2.45, 2.75) is 6.42 Å². The third-order valence-corrected chi connectivity index (χ3v) is 2.93. The minimum Gasteiger partial charge on any atom is -0.481 e. The maximum absolute atomic E-state index is 10.8. The van der Waals surface area contributed by atoms with Crippen LogP contribution in [0.25, 0.3) is 0 Å². The number of benzene rings is 2. The largest absolute Gasteiger partial charge is 0.481 e. The van der Waals surface area contributed by atoms with Gasteiger partial charge in [0.2, 0.25) is 0 Å². The summed E-state index contributed by atoms with van der Waals surface area (Å²) in [5.74, 6) is -0.875. The van der Waals surface area contributed by atoms with Crippen molar-refractivity contribution in [2.75, 3.05) is 0 Å². The van der Waals surface area contributed by atoms with Crippen LogP contribution in [0.1, 0.15) is 11.1 Å². The van der Waals surface area contributed by atoms with Crippen LogP contribution in [0, 0.1) is 0 Å². The van der Waals surface area contributed by atoms with E-state index in [0.717, 1.165) is 5.56 Å². The number of hydrogen-bond donors (Lipinski definition) is 1. The van der Waals surface area contributed by atoms with E-state index in [0.29, 0.717) is 16.3 Å². The second-order valence-corrected chi connectivity index (χ2v) is 4.39. The van der Waals surface area contributed by atoms with Gasteiger partial charge in [-0.2, -0.15) is 0 Å². The molecule has 0 aromatic heterocycles. The number of aliphatic carboxylic acids is 1. The van der Waals surface area contributed by atoms with Crippen LogP contribution in [0.3, 0.4) is 0 Å². The van der Waals surface area contributed by atoms with Crippen molar-refractivity contribution in [1.82, 2.24) is 0 Å². The van der Waals surface area contributed by atoms with Gasteiger partial charge in [0, 0.05) is 16.8 Å². The number of carbonyl (C=O) groups is 1. The molecule has 4 heteroatoms. The van der Waals surface area contributed by atoms with Gasteiger partial charge in [-0.1, -0.05) is 48.0 Å². The highest BCUT2D eigenvalue weighted by atomic mass is 35.5. The first kappa shape index (κ1) is 13.3. The third kappa shape index (κ3) is 3.66. The summed E-state index contributed by atoms with van der Waals surface area (Å²) in [7, 11) is 0. The smallest absolute Gasteiger partial charge is 0.307 e. The summed E-state index contributed by atoms with van der Waals surface area (Å²) >= 11 is 6.03. The van der Waals surface area contributed by atoms with Crippen molar-refractivity contribution < 1.29 is 9.90 Å². The molecule has 0 aliphatic rings. The number of nitrogens with zero attached hydrogens (tertiary/aromatic N) is 1. The van der Waals surface area contributed by atoms with Crippen LogP contribution >= 0.6 is 11.6 Å². The fourth-order valence-electron chi connectivity index (χ4n) is 1.67. The molecule has 2 rings (SSSR count). The summed E-state index contributed by atoms with van der Waals surface area (Å²) in [5, 5.41) is 9.46. The fraction of sp³-hybridized carbons (Fsp3) is 0.0667. The molecular formula is C15H12ClNO2. The molecule has 0 amide bonds. The van der Waals surface area contributed by atoms with Gasteiger partial charge in [0.1, 0.15) is 0 Å². The van der Waals surface area contributed by atoms with E-state index in [1.54, 1.807) is 30.5 Å². The van der Waals surface area contributed by atoms with Gasteiger partial charge in [-0.15, -0.1) is 0 Å². The Bertz CT molecular complexity index is 623. The summed E-state index contributed by atoms with van der Waals surface area (Å²) < 4.78 is 0. The molecule has 0 aliphatic heterocycles. The Labute approximate surface area is 116 Å². The predicted molar refractivity (Wildman–Crippen MR) is 76.5 cm³/mol. The molecule has 0 radical (unpaired) electrons. The molecule has 1 N–H and O–H groups in total. The average Bonchev–Trinajstić information content (AvgIpc) is 2.39. The van der Waals surface area contributed by atoms with E-state index in [4.69, 9.17) is 16.7 Å². The molecule has 0 atom stereocenters. The lowest BCUT2D eigenvalue weighted by molar-refractivity contribution is -0.136. The van der Waals surface area contributed by atoms with Gasteiger partial charge in [-0.05, 0) is 17.7 Å². The zero-order chi connectivity index (χ0) is 13.7. The highest BCUT2D eigenvalue weighted by Gasteiger charge is 2.05. The van der Waals surface area contributed by atoms with Crippen LogP contribution in [-0.2, 0) is 11.2 Å². The Balaban J connectivity index is 2.28. The molecule has 0 aliphatic carbocycles. The minimum absolute atomic E-state index is 0.0456. The Morgan fingerprint density at radius 1 is 1.16 bits per heavy atom. The molecule has 0 saturated carbocycles. The molecule has 0 unspecified atom stereocenters. The Morgan fingerprint density at radius 3 is 2.58 bits per heavy atom. The number of carboxylic acid groups (broad SMARTS) is 1. The van der Waals surface area contributed by atoms with Gasteiger partial charge in [0.05, 0.1) is 12.1 Å². The Kier molecular flexibility index (Phi) is 4.31. The van der Waals surface area contributed by atoms with E-state index in [1.165, 1.54) is 0 Å². The Morgan fingerprint density at radius 2 is 1.84 bits per heavy atom. The summed E-state index contributed by atoms with van der Waals surface area (Å²) in [5.41, 5.74) is 2.12. The lowest BCUT2D eigenvalue weighted by atomic mass is 10.1. The van der Waals surface area contributed by atoms with Gasteiger partial charge < -0.3 is 5.11 Å². The minimum atomic E-state index is -0.875. The predicted octanol–water partition coefficient (Wildman–Crippen LogP) is 3.72. The van der Waals surface area contributed by atoms with Gasteiger partial charge in [-0.3, -0.25) is 9.79 Å². The van der Waals surface area contributed by atoms with Crippen molar-refractivity contribution in [3.63, 3.8) is 0 Å². The highest BCUT2D eigenvalue weighted by molar-refractivity contribution is 6.33. The zero-order valence-electron chi connectivity index (χ0n) is 10.1. The summed E-state index contributed by atoms with van der Waals surface area (Å²) in [6.07, 6.45) is 1.60. The third-order valence-electron chi connectivity index (χ3n) is 2.58. The van der Waals surface area contributed by atoms with Crippen molar-refractivity contribution in [2.24, 2.45) is 4.99 Å². The molecule has 3 nitrogen and oxygen atoms in total. The van der Waals surface area contributed by atoms with Crippen LogP contribution in [0.15, 0.2) is 53.5 Å². The molecule has 0 heterocycles. The first-order chi connectivity index (χ1) is 9.16. The SMILES string of the molecule is O=C(O)Cc1ccccc1N=Cc1ccccc1Cl. The maximum atomic E-state index is 10.8. The van der Waals surface area contributed by atoms with Crippen molar-refractivity contribution in [3.05, 3.63) is 64.7 Å². The lowest BCUT2D eigenvalue weighted by Gasteiger charge is -2.02. The van der Waals surface area contributed by atoms with E-state index in [-0.39, 0.29) is 6.42 Å². The van der Waals surface area contributed by atoms with E-state index in [9.17, 15) is 4.79 Å². The molecule has 2 aromatic rings. The van der Waals surface area contributed by atoms with Crippen molar-refractivity contribution >= 4 is 29.5 Å². The standard InChI is InChI=1S/C15H12ClNO2/c16-13-7-3-1-6-12(13)10-17-14-8-4-2-5-11(14)9-15(18)19/h1-8,10H,9H2,(H,18,19). The average molecular weight is 274 g/mol. The molecule has 0 saturated heterocycles. The Hall–Kier alpha value is -2.13. The summed E-state index contributed by atoms with van der Waals surface area (Å²) in [6, 6.07) is 14.5. The zero-order valence-corrected chi connectivity index (χ0v) is 10.8. The highest BCUT2D eigenvalue weighted by Crippen LogP contribution is 2.20. The van der Waals surface area contributed by atoms with Gasteiger partial charge in [0.25, 0.3) is 0 Å². The number of rotatable bonds is 4. The normalized spacial score (nSPS) is 10.8. The topological polar surface area (TPSA) is 49.7 Å². The number of para-hydroxylation sites is 1. The lowest BCUT2D eigenvalue weighted by Crippen LogP contribution is -2.00. The van der Waals surface area contributed by atoms with Crippen LogP contribution in [0.4, 0.5) is 5.69 Å². The van der Waals surface area contributed by atoms with E-state index in [1.807, 2.05) is 24.3 Å². The van der Waals surface area contributed by atoms with Crippen LogP contribution in [0.5, 0.6) is 0 Å². The molecular weight excluding hydrogens is 262 g/mol. The van der Waals surface area contributed by atoms with E-state index < -0.39 is 5.97 Å². The van der Waals surface area contributed by atoms with Gasteiger partial charge in [0.15, 0.2) is 0 Å². The van der Waals surface area contributed by atoms with Crippen LogP contribution in [-0.4, -0.2) is 17.3 Å². The first-order valence-electron chi connectivity index (χ1n) is 5.75. The number of hydrogen-bond acceptors (Lipinski definition) is 2. The van der Waals surface area contributed by atoms with Gasteiger partial charge in [-0.25, -0.2) is 0 Å². The first-order valence-corrected chi connectivity index (χ1v) is 6.13. The van der Waals surface area contributed by atoms with Crippen LogP contribution < -0.4 is 0 Å². The van der Waals surface area contributed by atoms with Crippen molar-refractivity contribution in [3.8, 4) is 0 Å². The molecule has 2 aromatic carbocycles. The quantitative estimate of drug-likeness (QED) is 0.863. The van der Waals surface area contributed by atoms with Gasteiger partial charge >= 0.3 is 5.97 Å². The number of carboxylic acids is 1. The molecule has 19 heavy (non-hydrogen) atoms. The van der Waals surface area contributed by atoms with Crippen molar-refractivity contribution in [1.29, 1.82) is 0 Å². The molecule has 96 valence electrons.